The van der Waals surface area contributed by atoms with Gasteiger partial charge in [0.1, 0.15) is 18.5 Å². The van der Waals surface area contributed by atoms with Crippen molar-refractivity contribution in [1.29, 1.82) is 0 Å². The maximum Gasteiger partial charge on any atom is 0.162 e. The highest BCUT2D eigenvalue weighted by molar-refractivity contribution is 9.13. The first-order chi connectivity index (χ1) is 10.2. The Hall–Kier alpha value is -1.12. The minimum absolute atomic E-state index is 0.270. The van der Waals surface area contributed by atoms with Crippen LogP contribution in [0.15, 0.2) is 26.2 Å². The van der Waals surface area contributed by atoms with Gasteiger partial charge in [0.15, 0.2) is 6.23 Å². The van der Waals surface area contributed by atoms with Gasteiger partial charge in [0.2, 0.25) is 0 Å². The number of aromatic nitrogens is 2. The molecular weight excluding hydrogens is 406 g/mol. The highest BCUT2D eigenvalue weighted by Crippen LogP contribution is 2.38. The Kier molecular flexibility index (Phi) is 3.20. The highest BCUT2D eigenvalue weighted by atomic mass is 79.9. The van der Waals surface area contributed by atoms with Crippen LogP contribution >= 0.6 is 31.9 Å². The van der Waals surface area contributed by atoms with E-state index < -0.39 is 0 Å². The lowest BCUT2D eigenvalue weighted by atomic mass is 10.1. The Morgan fingerprint density at radius 1 is 1.33 bits per heavy atom. The molecule has 0 unspecified atom stereocenters. The highest BCUT2D eigenvalue weighted by Gasteiger charge is 2.43. The van der Waals surface area contributed by atoms with Gasteiger partial charge in [-0.25, -0.2) is 4.98 Å². The van der Waals surface area contributed by atoms with E-state index in [1.54, 1.807) is 0 Å². The number of halogens is 2. The molecule has 0 N–H and O–H groups in total. The van der Waals surface area contributed by atoms with Crippen LogP contribution in [0.3, 0.4) is 0 Å². The fraction of sp³-hybridized carbons (Fsp3) is 0.417. The molecule has 0 radical (unpaired) electrons. The number of imidazole rings is 1. The lowest BCUT2D eigenvalue weighted by Crippen LogP contribution is -2.35. The molecule has 0 saturated carbocycles. The first kappa shape index (κ1) is 13.5. The fourth-order valence-corrected chi connectivity index (χ4v) is 3.52. The minimum Gasteiger partial charge on any atom is -0.365 e. The maximum atomic E-state index is 8.63. The topological polar surface area (TPSA) is 85.0 Å². The predicted octanol–water partition coefficient (Wildman–Crippen LogP) is 3.67. The smallest absolute Gasteiger partial charge is 0.162 e. The van der Waals surface area contributed by atoms with Crippen LogP contribution in [0.5, 0.6) is 0 Å². The quantitative estimate of drug-likeness (QED) is 0.405. The summed E-state index contributed by atoms with van der Waals surface area (Å²) in [6.45, 7) is 0.738. The normalized spacial score (nSPS) is 27.2. The Morgan fingerprint density at radius 3 is 2.95 bits per heavy atom. The number of fused-ring (bicyclic) bond motifs is 5. The zero-order valence-corrected chi connectivity index (χ0v) is 13.8. The van der Waals surface area contributed by atoms with Crippen LogP contribution in [0, 0.1) is 0 Å². The van der Waals surface area contributed by atoms with E-state index >= 15 is 0 Å². The molecule has 1 fully saturated rings. The van der Waals surface area contributed by atoms with Crippen LogP contribution < -0.4 is 0 Å². The Bertz CT molecular complexity index is 786. The van der Waals surface area contributed by atoms with Crippen LogP contribution in [0.1, 0.15) is 12.1 Å². The molecule has 1 saturated heterocycles. The largest absolute Gasteiger partial charge is 0.365 e. The summed E-state index contributed by atoms with van der Waals surface area (Å²) in [5.74, 6) is 0.817. The molecule has 3 atom stereocenters. The van der Waals surface area contributed by atoms with Crippen molar-refractivity contribution in [2.45, 2.75) is 25.0 Å². The number of benzene rings is 1. The number of azide groups is 1. The molecule has 0 amide bonds. The van der Waals surface area contributed by atoms with Crippen LogP contribution in [0.2, 0.25) is 0 Å². The summed E-state index contributed by atoms with van der Waals surface area (Å²) >= 11 is 6.99. The summed E-state index contributed by atoms with van der Waals surface area (Å²) in [4.78, 5) is 7.46. The van der Waals surface area contributed by atoms with Gasteiger partial charge in [0.25, 0.3) is 0 Å². The predicted molar refractivity (Wildman–Crippen MR) is 81.6 cm³/mol. The molecule has 1 aromatic heterocycles. The van der Waals surface area contributed by atoms with Crippen LogP contribution in [0.25, 0.3) is 21.5 Å². The molecule has 0 aliphatic carbocycles. The fourth-order valence-electron chi connectivity index (χ4n) is 2.85. The average molecular weight is 415 g/mol. The zero-order valence-electron chi connectivity index (χ0n) is 10.6. The van der Waals surface area contributed by atoms with Crippen LogP contribution in [-0.2, 0) is 16.1 Å². The van der Waals surface area contributed by atoms with E-state index in [0.29, 0.717) is 13.2 Å². The molecule has 0 bridgehead atoms. The molecule has 2 aliphatic rings. The second-order valence-electron chi connectivity index (χ2n) is 4.92. The van der Waals surface area contributed by atoms with Gasteiger partial charge in [-0.05, 0) is 49.5 Å². The van der Waals surface area contributed by atoms with E-state index in [9.17, 15) is 0 Å². The molecule has 9 heteroatoms. The lowest BCUT2D eigenvalue weighted by Gasteiger charge is -2.28. The number of hydrogen-bond donors (Lipinski definition) is 0. The average Bonchev–Trinajstić information content (AvgIpc) is 3.01. The first-order valence-electron chi connectivity index (χ1n) is 6.32. The number of ether oxygens (including phenoxy) is 2. The molecule has 21 heavy (non-hydrogen) atoms. The van der Waals surface area contributed by atoms with Gasteiger partial charge in [-0.2, -0.15) is 0 Å². The molecule has 7 nitrogen and oxygen atoms in total. The Morgan fingerprint density at radius 2 is 2.14 bits per heavy atom. The first-order valence-corrected chi connectivity index (χ1v) is 7.91. The van der Waals surface area contributed by atoms with Crippen molar-refractivity contribution in [2.75, 3.05) is 6.61 Å². The number of hydrogen-bond acceptors (Lipinski definition) is 4. The third-order valence-electron chi connectivity index (χ3n) is 3.76. The van der Waals surface area contributed by atoms with Gasteiger partial charge in [0.05, 0.1) is 23.7 Å². The van der Waals surface area contributed by atoms with E-state index in [1.165, 1.54) is 0 Å². The lowest BCUT2D eigenvalue weighted by molar-refractivity contribution is -0.0819. The van der Waals surface area contributed by atoms with Crippen molar-refractivity contribution in [3.05, 3.63) is 37.3 Å². The third-order valence-corrected chi connectivity index (χ3v) is 5.61. The van der Waals surface area contributed by atoms with Crippen molar-refractivity contribution in [3.63, 3.8) is 0 Å². The number of rotatable bonds is 1. The van der Waals surface area contributed by atoms with Gasteiger partial charge >= 0.3 is 0 Å². The summed E-state index contributed by atoms with van der Waals surface area (Å²) in [7, 11) is 0. The molecular formula is C12H9Br2N5O2. The summed E-state index contributed by atoms with van der Waals surface area (Å²) in [5, 5.41) is 3.76. The monoisotopic (exact) mass is 413 g/mol. The van der Waals surface area contributed by atoms with E-state index in [1.807, 2.05) is 16.7 Å². The van der Waals surface area contributed by atoms with Crippen molar-refractivity contribution in [2.24, 2.45) is 5.11 Å². The van der Waals surface area contributed by atoms with Crippen LogP contribution in [0.4, 0.5) is 0 Å². The van der Waals surface area contributed by atoms with E-state index in [-0.39, 0.29) is 18.4 Å². The van der Waals surface area contributed by atoms with Crippen LogP contribution in [-0.4, -0.2) is 28.3 Å². The maximum absolute atomic E-state index is 8.63. The summed E-state index contributed by atoms with van der Waals surface area (Å²) < 4.78 is 15.5. The van der Waals surface area contributed by atoms with Crippen molar-refractivity contribution in [3.8, 4) is 0 Å². The second kappa shape index (κ2) is 4.96. The third kappa shape index (κ3) is 2.00. The minimum atomic E-state index is -0.303. The van der Waals surface area contributed by atoms with E-state index in [4.69, 9.17) is 15.0 Å². The molecule has 3 heterocycles. The SMILES string of the molecule is [N-]=[N+]=N[C@H]1CO[C@H]2[C@@H]1OCc1nc3cc(Br)c(Br)cc3n12. The van der Waals surface area contributed by atoms with Gasteiger partial charge in [0, 0.05) is 13.9 Å². The summed E-state index contributed by atoms with van der Waals surface area (Å²) in [6, 6.07) is 3.66. The van der Waals surface area contributed by atoms with E-state index in [0.717, 1.165) is 25.8 Å². The molecule has 2 aliphatic heterocycles. The van der Waals surface area contributed by atoms with Crippen molar-refractivity contribution >= 4 is 42.9 Å². The van der Waals surface area contributed by atoms with Gasteiger partial charge in [-0.3, -0.25) is 4.57 Å². The summed E-state index contributed by atoms with van der Waals surface area (Å²) in [6.07, 6.45) is -0.574. The second-order valence-corrected chi connectivity index (χ2v) is 6.63. The van der Waals surface area contributed by atoms with Gasteiger partial charge < -0.3 is 9.47 Å². The molecule has 4 rings (SSSR count). The molecule has 0 spiro atoms. The number of nitrogens with zero attached hydrogens (tertiary/aromatic N) is 5. The Labute approximate surface area is 136 Å². The van der Waals surface area contributed by atoms with Gasteiger partial charge in [-0.15, -0.1) is 0 Å². The summed E-state index contributed by atoms with van der Waals surface area (Å²) in [5.41, 5.74) is 10.5. The van der Waals surface area contributed by atoms with E-state index in [2.05, 4.69) is 46.9 Å². The standard InChI is InChI=1S/C12H9Br2N5O2/c13-5-1-7-9(2-6(5)14)19-10(16-7)4-20-11-8(17-18-15)3-21-12(11)19/h1-2,8,11-12H,3-4H2/t8-,11+,12-/m0/s1. The van der Waals surface area contributed by atoms with Gasteiger partial charge in [-0.1, -0.05) is 5.11 Å². The zero-order chi connectivity index (χ0) is 14.6. The Balaban J connectivity index is 1.87. The molecule has 2 aromatic rings. The molecule has 108 valence electrons. The molecule has 1 aromatic carbocycles. The van der Waals surface area contributed by atoms with Crippen molar-refractivity contribution < 1.29 is 9.47 Å². The van der Waals surface area contributed by atoms with Crippen molar-refractivity contribution in [1.82, 2.24) is 9.55 Å².